The van der Waals surface area contributed by atoms with Crippen molar-refractivity contribution in [3.05, 3.63) is 68.7 Å². The van der Waals surface area contributed by atoms with E-state index in [9.17, 15) is 8.78 Å². The van der Waals surface area contributed by atoms with Gasteiger partial charge < -0.3 is 5.32 Å². The molecular formula is C16H16BrF2N. The van der Waals surface area contributed by atoms with Crippen molar-refractivity contribution < 1.29 is 8.78 Å². The third-order valence-electron chi connectivity index (χ3n) is 3.39. The summed E-state index contributed by atoms with van der Waals surface area (Å²) in [5.74, 6) is -0.898. The molecule has 0 bridgehead atoms. The highest BCUT2D eigenvalue weighted by Crippen LogP contribution is 2.30. The van der Waals surface area contributed by atoms with Crippen molar-refractivity contribution in [3.63, 3.8) is 0 Å². The summed E-state index contributed by atoms with van der Waals surface area (Å²) in [5.41, 5.74) is 3.39. The maximum atomic E-state index is 14.1. The smallest absolute Gasteiger partial charge is 0.137 e. The quantitative estimate of drug-likeness (QED) is 0.802. The summed E-state index contributed by atoms with van der Waals surface area (Å²) in [6, 6.07) is 8.02. The van der Waals surface area contributed by atoms with Gasteiger partial charge in [-0.15, -0.1) is 0 Å². The van der Waals surface area contributed by atoms with Crippen molar-refractivity contribution in [2.45, 2.75) is 19.9 Å². The number of aryl methyl sites for hydroxylation is 2. The van der Waals surface area contributed by atoms with E-state index in [0.717, 1.165) is 16.7 Å². The fraction of sp³-hybridized carbons (Fsp3) is 0.250. The first kappa shape index (κ1) is 15.1. The number of nitrogens with one attached hydrogen (secondary N) is 1. The van der Waals surface area contributed by atoms with Gasteiger partial charge in [-0.1, -0.05) is 23.8 Å². The minimum absolute atomic E-state index is 0.134. The minimum Gasteiger partial charge on any atom is -0.309 e. The van der Waals surface area contributed by atoms with Crippen LogP contribution < -0.4 is 5.32 Å². The SMILES string of the molecule is CNC(c1cc(C)ccc1C)c1cc(F)c(Br)cc1F. The van der Waals surface area contributed by atoms with E-state index in [1.165, 1.54) is 12.1 Å². The molecule has 1 atom stereocenters. The normalized spacial score (nSPS) is 12.5. The lowest BCUT2D eigenvalue weighted by atomic mass is 9.93. The van der Waals surface area contributed by atoms with Crippen LogP contribution in [-0.2, 0) is 0 Å². The summed E-state index contributed by atoms with van der Waals surface area (Å²) >= 11 is 3.00. The Morgan fingerprint density at radius 3 is 2.35 bits per heavy atom. The van der Waals surface area contributed by atoms with E-state index in [1.807, 2.05) is 32.0 Å². The first-order valence-corrected chi connectivity index (χ1v) is 7.12. The van der Waals surface area contributed by atoms with Gasteiger partial charge >= 0.3 is 0 Å². The van der Waals surface area contributed by atoms with Crippen LogP contribution in [-0.4, -0.2) is 7.05 Å². The molecule has 0 fully saturated rings. The Morgan fingerprint density at radius 2 is 1.70 bits per heavy atom. The zero-order chi connectivity index (χ0) is 14.9. The van der Waals surface area contributed by atoms with Gasteiger partial charge in [0.25, 0.3) is 0 Å². The van der Waals surface area contributed by atoms with Gasteiger partial charge in [0.2, 0.25) is 0 Å². The monoisotopic (exact) mass is 339 g/mol. The average Bonchev–Trinajstić information content (AvgIpc) is 2.40. The van der Waals surface area contributed by atoms with Crippen LogP contribution in [0.2, 0.25) is 0 Å². The number of halogens is 3. The molecule has 2 aromatic carbocycles. The van der Waals surface area contributed by atoms with Crippen LogP contribution >= 0.6 is 15.9 Å². The van der Waals surface area contributed by atoms with Crippen molar-refractivity contribution >= 4 is 15.9 Å². The average molecular weight is 340 g/mol. The van der Waals surface area contributed by atoms with Crippen molar-refractivity contribution in [1.82, 2.24) is 5.32 Å². The van der Waals surface area contributed by atoms with Crippen LogP contribution in [0.1, 0.15) is 28.3 Å². The topological polar surface area (TPSA) is 12.0 Å². The lowest BCUT2D eigenvalue weighted by Crippen LogP contribution is -2.20. The highest BCUT2D eigenvalue weighted by atomic mass is 79.9. The molecule has 0 radical (unpaired) electrons. The van der Waals surface area contributed by atoms with Crippen molar-refractivity contribution in [1.29, 1.82) is 0 Å². The molecule has 0 aliphatic carbocycles. The first-order chi connectivity index (χ1) is 9.43. The van der Waals surface area contributed by atoms with E-state index in [2.05, 4.69) is 21.2 Å². The first-order valence-electron chi connectivity index (χ1n) is 6.33. The highest BCUT2D eigenvalue weighted by molar-refractivity contribution is 9.10. The summed E-state index contributed by atoms with van der Waals surface area (Å²) in [7, 11) is 1.74. The van der Waals surface area contributed by atoms with Gasteiger partial charge in [-0.2, -0.15) is 0 Å². The van der Waals surface area contributed by atoms with Gasteiger partial charge in [-0.25, -0.2) is 8.78 Å². The molecule has 0 aliphatic rings. The Hall–Kier alpha value is -1.26. The maximum Gasteiger partial charge on any atom is 0.137 e. The molecule has 0 amide bonds. The molecule has 2 rings (SSSR count). The van der Waals surface area contributed by atoms with Gasteiger partial charge in [-0.05, 0) is 60.1 Å². The molecule has 0 aliphatic heterocycles. The third-order valence-corrected chi connectivity index (χ3v) is 3.99. The van der Waals surface area contributed by atoms with E-state index < -0.39 is 11.6 Å². The fourth-order valence-electron chi connectivity index (χ4n) is 2.31. The molecule has 106 valence electrons. The summed E-state index contributed by atoms with van der Waals surface area (Å²) in [5, 5.41) is 3.07. The number of benzene rings is 2. The van der Waals surface area contributed by atoms with Crippen LogP contribution in [0.25, 0.3) is 0 Å². The fourth-order valence-corrected chi connectivity index (χ4v) is 2.62. The summed E-state index contributed by atoms with van der Waals surface area (Å²) in [6.07, 6.45) is 0. The second-order valence-electron chi connectivity index (χ2n) is 4.87. The van der Waals surface area contributed by atoms with Crippen LogP contribution in [0.5, 0.6) is 0 Å². The molecular weight excluding hydrogens is 324 g/mol. The molecule has 1 nitrogen and oxygen atoms in total. The molecule has 4 heteroatoms. The highest BCUT2D eigenvalue weighted by Gasteiger charge is 2.20. The van der Waals surface area contributed by atoms with Crippen LogP contribution in [0, 0.1) is 25.5 Å². The van der Waals surface area contributed by atoms with Crippen molar-refractivity contribution in [2.75, 3.05) is 7.05 Å². The summed E-state index contributed by atoms with van der Waals surface area (Å²) < 4.78 is 28.0. The van der Waals surface area contributed by atoms with Gasteiger partial charge in [0.05, 0.1) is 10.5 Å². The maximum absolute atomic E-state index is 14.1. The molecule has 20 heavy (non-hydrogen) atoms. The minimum atomic E-state index is -0.466. The Morgan fingerprint density at radius 1 is 1.00 bits per heavy atom. The van der Waals surface area contributed by atoms with E-state index >= 15 is 0 Å². The predicted molar refractivity (Wildman–Crippen MR) is 80.9 cm³/mol. The molecule has 1 unspecified atom stereocenters. The molecule has 0 spiro atoms. The Kier molecular flexibility index (Phi) is 4.55. The largest absolute Gasteiger partial charge is 0.309 e. The van der Waals surface area contributed by atoms with Crippen LogP contribution in [0.4, 0.5) is 8.78 Å². The zero-order valence-electron chi connectivity index (χ0n) is 11.6. The summed E-state index contributed by atoms with van der Waals surface area (Å²) in [6.45, 7) is 3.94. The second-order valence-corrected chi connectivity index (χ2v) is 5.72. The lowest BCUT2D eigenvalue weighted by Gasteiger charge is -2.21. The van der Waals surface area contributed by atoms with Gasteiger partial charge in [0.1, 0.15) is 11.6 Å². The van der Waals surface area contributed by atoms with Gasteiger partial charge in [-0.3, -0.25) is 0 Å². The molecule has 2 aromatic rings. The van der Waals surface area contributed by atoms with Crippen LogP contribution in [0.15, 0.2) is 34.8 Å². The molecule has 1 N–H and O–H groups in total. The molecule has 0 aromatic heterocycles. The van der Waals surface area contributed by atoms with E-state index in [1.54, 1.807) is 7.05 Å². The zero-order valence-corrected chi connectivity index (χ0v) is 13.2. The van der Waals surface area contributed by atoms with Crippen molar-refractivity contribution in [2.24, 2.45) is 0 Å². The predicted octanol–water partition coefficient (Wildman–Crippen LogP) is 4.65. The number of hydrogen-bond donors (Lipinski definition) is 1. The molecule has 0 saturated heterocycles. The van der Waals surface area contributed by atoms with Crippen LogP contribution in [0.3, 0.4) is 0 Å². The molecule has 0 saturated carbocycles. The van der Waals surface area contributed by atoms with Gasteiger partial charge in [0, 0.05) is 5.56 Å². The lowest BCUT2D eigenvalue weighted by molar-refractivity contribution is 0.554. The Bertz CT molecular complexity index is 641. The van der Waals surface area contributed by atoms with Crippen molar-refractivity contribution in [3.8, 4) is 0 Å². The summed E-state index contributed by atoms with van der Waals surface area (Å²) in [4.78, 5) is 0. The standard InChI is InChI=1S/C16H16BrF2N/c1-9-4-5-10(2)11(6-9)16(20-3)12-7-15(19)13(17)8-14(12)18/h4-8,16,20H,1-3H3. The van der Waals surface area contributed by atoms with E-state index in [4.69, 9.17) is 0 Å². The Labute approximate surface area is 126 Å². The molecule has 0 heterocycles. The Balaban J connectivity index is 2.58. The van der Waals surface area contributed by atoms with Gasteiger partial charge in [0.15, 0.2) is 0 Å². The van der Waals surface area contributed by atoms with E-state index in [-0.39, 0.29) is 10.5 Å². The number of hydrogen-bond acceptors (Lipinski definition) is 1. The second kappa shape index (κ2) is 6.02. The number of rotatable bonds is 3. The third kappa shape index (κ3) is 2.91. The van der Waals surface area contributed by atoms with E-state index in [0.29, 0.717) is 5.56 Å².